The fraction of sp³-hybridized carbons (Fsp3) is 0.400. The molecule has 0 radical (unpaired) electrons. The molecule has 2 aliphatic heterocycles. The molecule has 0 aromatic heterocycles. The van der Waals surface area contributed by atoms with Crippen LogP contribution in [0.3, 0.4) is 0 Å². The predicted octanol–water partition coefficient (Wildman–Crippen LogP) is 2.11. The topological polar surface area (TPSA) is 84.8 Å². The van der Waals surface area contributed by atoms with Crippen molar-refractivity contribution in [2.75, 3.05) is 11.4 Å². The largest absolute Gasteiger partial charge is 0.407 e. The minimum atomic E-state index is -4.80. The van der Waals surface area contributed by atoms with Crippen LogP contribution in [0.4, 0.5) is 24.5 Å². The zero-order chi connectivity index (χ0) is 20.6. The van der Waals surface area contributed by atoms with Gasteiger partial charge in [0.25, 0.3) is 26.4 Å². The molecule has 0 bridgehead atoms. The Morgan fingerprint density at radius 3 is 2.44 bits per heavy atom. The summed E-state index contributed by atoms with van der Waals surface area (Å²) >= 11 is 5.31. The summed E-state index contributed by atoms with van der Waals surface area (Å²) in [6.07, 6.45) is -4.80. The second-order valence-corrected chi connectivity index (χ2v) is 8.98. The van der Waals surface area contributed by atoms with Crippen LogP contribution < -0.4 is 10.0 Å². The Morgan fingerprint density at radius 1 is 1.41 bits per heavy atom. The van der Waals surface area contributed by atoms with Crippen molar-refractivity contribution in [3.63, 3.8) is 0 Å². The summed E-state index contributed by atoms with van der Waals surface area (Å²) in [6.45, 7) is 9.82. The highest BCUT2D eigenvalue weighted by Crippen LogP contribution is 2.51. The van der Waals surface area contributed by atoms with Crippen molar-refractivity contribution in [1.29, 1.82) is 0 Å². The summed E-state index contributed by atoms with van der Waals surface area (Å²) < 4.78 is 62.9. The van der Waals surface area contributed by atoms with E-state index >= 15 is 0 Å². The highest BCUT2D eigenvalue weighted by atomic mass is 32.2. The lowest BCUT2D eigenvalue weighted by Gasteiger charge is -2.24. The fourth-order valence-corrected chi connectivity index (χ4v) is 5.50. The van der Waals surface area contributed by atoms with Gasteiger partial charge in [-0.25, -0.2) is 27.8 Å². The molecule has 1 amide bonds. The number of quaternary nitrogens is 1. The maximum atomic E-state index is 13.3. The number of carbonyl (C=O) groups is 1. The van der Waals surface area contributed by atoms with Crippen molar-refractivity contribution in [2.24, 2.45) is 5.14 Å². The third-order valence-corrected chi connectivity index (χ3v) is 6.88. The zero-order valence-electron chi connectivity index (χ0n) is 14.1. The van der Waals surface area contributed by atoms with Crippen molar-refractivity contribution in [3.05, 3.63) is 35.2 Å². The van der Waals surface area contributed by atoms with E-state index in [0.717, 1.165) is 11.0 Å². The molecule has 0 aliphatic carbocycles. The monoisotopic (exact) mass is 419 g/mol. The lowest BCUT2D eigenvalue weighted by molar-refractivity contribution is -0.746. The van der Waals surface area contributed by atoms with Gasteiger partial charge < -0.3 is 0 Å². The van der Waals surface area contributed by atoms with Crippen molar-refractivity contribution in [3.8, 4) is 0 Å². The van der Waals surface area contributed by atoms with Gasteiger partial charge in [0.2, 0.25) is 0 Å². The number of hydrogen-bond acceptors (Lipinski definition) is 4. The number of rotatable bonds is 2. The fourth-order valence-electron chi connectivity index (χ4n) is 3.51. The minimum Gasteiger partial charge on any atom is -0.267 e. The average Bonchev–Trinajstić information content (AvgIpc) is 3.29. The number of amides is 1. The van der Waals surface area contributed by atoms with Crippen LogP contribution in [0.1, 0.15) is 19.4 Å². The van der Waals surface area contributed by atoms with Crippen LogP contribution in [0, 0.1) is 6.57 Å². The summed E-state index contributed by atoms with van der Waals surface area (Å²) in [5.41, 5.74) is -3.30. The number of benzene rings is 1. The first-order chi connectivity index (χ1) is 12.2. The summed E-state index contributed by atoms with van der Waals surface area (Å²) in [4.78, 5) is 16.7. The molecule has 2 N–H and O–H groups in total. The third kappa shape index (κ3) is 2.57. The summed E-state index contributed by atoms with van der Waals surface area (Å²) in [5, 5.41) is 3.95. The van der Waals surface area contributed by atoms with Gasteiger partial charge in [-0.05, 0) is 12.1 Å². The van der Waals surface area contributed by atoms with Gasteiger partial charge in [0.1, 0.15) is 0 Å². The van der Waals surface area contributed by atoms with E-state index in [2.05, 4.69) is 4.85 Å². The molecule has 2 aliphatic rings. The molecule has 3 rings (SSSR count). The molecule has 1 aromatic rings. The Morgan fingerprint density at radius 2 is 2.00 bits per heavy atom. The third-order valence-electron chi connectivity index (χ3n) is 5.10. The van der Waals surface area contributed by atoms with Crippen LogP contribution in [-0.4, -0.2) is 41.4 Å². The number of nitrogens with two attached hydrogens (primary N) is 1. The molecule has 2 heterocycles. The average molecular weight is 419 g/mol. The quantitative estimate of drug-likeness (QED) is 0.344. The van der Waals surface area contributed by atoms with Crippen LogP contribution in [0.2, 0.25) is 0 Å². The number of carbonyl (C=O) groups excluding carboxylic acids is 1. The Balaban J connectivity index is 2.14. The summed E-state index contributed by atoms with van der Waals surface area (Å²) in [5.74, 6) is -0.637. The van der Waals surface area contributed by atoms with Crippen LogP contribution in [0.15, 0.2) is 18.2 Å². The number of primary sulfonamides is 1. The number of halogens is 3. The van der Waals surface area contributed by atoms with E-state index in [1.807, 2.05) is 0 Å². The number of anilines is 1. The van der Waals surface area contributed by atoms with Gasteiger partial charge in [0, 0.05) is 26.1 Å². The number of sulfonamides is 1. The second kappa shape index (κ2) is 5.48. The second-order valence-electron chi connectivity index (χ2n) is 6.89. The number of hydrogen-bond donors (Lipinski definition) is 1. The Labute approximate surface area is 158 Å². The molecule has 27 heavy (non-hydrogen) atoms. The maximum absolute atomic E-state index is 13.3. The van der Waals surface area contributed by atoms with E-state index in [9.17, 15) is 26.4 Å². The Kier molecular flexibility index (Phi) is 3.99. The molecule has 2 unspecified atom stereocenters. The van der Waals surface area contributed by atoms with E-state index in [-0.39, 0.29) is 17.3 Å². The van der Waals surface area contributed by atoms with Crippen LogP contribution in [0.25, 0.3) is 4.85 Å². The summed E-state index contributed by atoms with van der Waals surface area (Å²) in [6, 6.07) is 2.81. The van der Waals surface area contributed by atoms with Crippen LogP contribution >= 0.6 is 12.2 Å². The van der Waals surface area contributed by atoms with Gasteiger partial charge in [-0.15, -0.1) is 0 Å². The van der Waals surface area contributed by atoms with Crippen LogP contribution in [-0.2, 0) is 21.0 Å². The normalized spacial score (nSPS) is 27.1. The van der Waals surface area contributed by atoms with E-state index in [1.165, 1.54) is 19.9 Å². The van der Waals surface area contributed by atoms with Gasteiger partial charge in [0.15, 0.2) is 17.8 Å². The van der Waals surface area contributed by atoms with Crippen molar-refractivity contribution >= 4 is 44.6 Å². The van der Waals surface area contributed by atoms with E-state index in [1.54, 1.807) is 0 Å². The lowest BCUT2D eigenvalue weighted by atomic mass is 10.0. The number of nitrogens with zero attached hydrogens (tertiary/aromatic N) is 3. The van der Waals surface area contributed by atoms with Gasteiger partial charge in [-0.2, -0.15) is 13.2 Å². The first kappa shape index (κ1) is 19.7. The molecule has 7 nitrogen and oxygen atoms in total. The lowest BCUT2D eigenvalue weighted by Crippen LogP contribution is -2.50. The minimum absolute atomic E-state index is 0.0286. The molecule has 1 aromatic carbocycles. The van der Waals surface area contributed by atoms with Crippen LogP contribution in [0.5, 0.6) is 0 Å². The van der Waals surface area contributed by atoms with E-state index in [4.69, 9.17) is 23.9 Å². The molecule has 12 heteroatoms. The van der Waals surface area contributed by atoms with Gasteiger partial charge in [0.05, 0.1) is 17.8 Å². The number of thiocarbonyl (C=S) groups is 1. The van der Waals surface area contributed by atoms with E-state index < -0.39 is 48.8 Å². The molecule has 2 saturated heterocycles. The molecule has 1 spiro atoms. The van der Waals surface area contributed by atoms with Gasteiger partial charge >= 0.3 is 6.18 Å². The molecule has 0 saturated carbocycles. The highest BCUT2D eigenvalue weighted by molar-refractivity contribution is 7.90. The maximum Gasteiger partial charge on any atom is 0.407 e. The predicted molar refractivity (Wildman–Crippen MR) is 93.9 cm³/mol. The Hall–Kier alpha value is -2.07. The van der Waals surface area contributed by atoms with E-state index in [0.29, 0.717) is 6.07 Å². The van der Waals surface area contributed by atoms with Crippen molar-refractivity contribution in [2.45, 2.75) is 30.9 Å². The van der Waals surface area contributed by atoms with Gasteiger partial charge in [-0.1, -0.05) is 6.07 Å². The molecule has 144 valence electrons. The van der Waals surface area contributed by atoms with Crippen molar-refractivity contribution in [1.82, 2.24) is 0 Å². The van der Waals surface area contributed by atoms with Gasteiger partial charge in [-0.3, -0.25) is 4.79 Å². The molecule has 2 fully saturated rings. The standard InChI is InChI=1S/C15H14F3N4O3S2/c1-14(2)12(23)21(13(26)22(14)7-11(22)27(19,24)25)8-4-5-10(20-3)9(6-8)15(16,17)18/h4-6,11H,7H2,1-2H3,(H2,19,24,25)/q+1. The number of alkyl halides is 3. The zero-order valence-corrected chi connectivity index (χ0v) is 15.7. The smallest absolute Gasteiger partial charge is 0.267 e. The summed E-state index contributed by atoms with van der Waals surface area (Å²) in [7, 11) is -4.01. The molecular formula is C15H14F3N4O3S2+. The Bertz CT molecular complexity index is 1030. The SMILES string of the molecule is [C-]#[N+]c1ccc(N2C(=O)C(C)(C)[N+]3(CC3S(N)(=O)=O)C2=S)cc1C(F)(F)F. The molecular weight excluding hydrogens is 405 g/mol. The first-order valence-corrected chi connectivity index (χ1v) is 9.58. The van der Waals surface area contributed by atoms with Crippen molar-refractivity contribution < 1.29 is 30.9 Å². The molecule has 2 atom stereocenters. The first-order valence-electron chi connectivity index (χ1n) is 7.57. The highest BCUT2D eigenvalue weighted by Gasteiger charge is 2.80.